The number of carbonyl (C=O) groups excluding carboxylic acids is 5. The standard InChI is InChI=1S/C73H136N2O22P2/c1-8-13-18-22-24-26-28-32-37-44-58(77)52-63(79)74-66-70(90-50-48-57(76)43-36-30-20-15-10-3)68(82)61(94-73(66)97-99(86,87)88)55-92-72-67(75-64(80)53-59(78)45-38-33-29-27-25-23-19-14-9-2)71(69(96-98(83,84)85)62(95-72)54-89-7)91-51-49-60(46-39-31-21-16-11-4)93-65(81)47-40-34-35-42-56(6)41-17-12-5/h35,42,56-57,60-62,66-73,76,82H,8-34,36-41,43-55H2,1-7H3,(H,74,79)(H,75,80)(H2,83,84,85)(H2,86,87,88)/b42-35+/t56?,57-,60?,61?,62-,66-,67-,68-,69-,70-,71?,72-,73-/m1/s1. The van der Waals surface area contributed by atoms with Gasteiger partial charge in [0, 0.05) is 39.4 Å². The van der Waals surface area contributed by atoms with Crippen molar-refractivity contribution < 1.29 is 105 Å². The van der Waals surface area contributed by atoms with Crippen LogP contribution in [0.15, 0.2) is 12.2 Å². The number of Topliss-reactive ketones (excluding diaryl/α,β-unsaturated/α-hetero) is 2. The number of allylic oxidation sites excluding steroid dienone is 2. The third kappa shape index (κ3) is 45.4. The lowest BCUT2D eigenvalue weighted by molar-refractivity contribution is -0.301. The number of esters is 1. The molecule has 2 amide bonds. The van der Waals surface area contributed by atoms with Crippen LogP contribution in [0.4, 0.5) is 0 Å². The minimum Gasteiger partial charge on any atom is -0.462 e. The van der Waals surface area contributed by atoms with Gasteiger partial charge in [0.25, 0.3) is 0 Å². The molecule has 4 unspecified atom stereocenters. The largest absolute Gasteiger partial charge is 0.472 e. The fourth-order valence-corrected chi connectivity index (χ4v) is 13.7. The molecule has 2 aliphatic heterocycles. The highest BCUT2D eigenvalue weighted by atomic mass is 31.2. The van der Waals surface area contributed by atoms with Crippen LogP contribution in [0.1, 0.15) is 311 Å². The zero-order chi connectivity index (χ0) is 73.1. The van der Waals surface area contributed by atoms with E-state index in [1.165, 1.54) is 32.8 Å². The van der Waals surface area contributed by atoms with Gasteiger partial charge in [0.1, 0.15) is 66.4 Å². The van der Waals surface area contributed by atoms with E-state index in [0.29, 0.717) is 44.4 Å². The second kappa shape index (κ2) is 56.7. The monoisotopic (exact) mass is 1450 g/mol. The van der Waals surface area contributed by atoms with E-state index in [-0.39, 0.29) is 56.9 Å². The lowest BCUT2D eigenvalue weighted by atomic mass is 9.95. The van der Waals surface area contributed by atoms with Crippen LogP contribution in [0.25, 0.3) is 0 Å². The SMILES string of the molecule is CCCCCCCCCCCC(=O)CC(=O)N[C@H]1[C@@H](OP(=O)(O)O)OC(CO[C@@H]2O[C@H](COC)[C@@H](OP(=O)(O)O)C(OCCC(CCCCCCC)OC(=O)CCC/C=C/C(C)CCCC)[C@H]2NC(=O)CC(=O)CCCCCCCCCCC)[C@@H](O)[C@@H]1OCC[C@H](O)CCCCCCC. The van der Waals surface area contributed by atoms with Gasteiger partial charge >= 0.3 is 21.6 Å². The summed E-state index contributed by atoms with van der Waals surface area (Å²) >= 11 is 0. The predicted molar refractivity (Wildman–Crippen MR) is 381 cm³/mol. The Labute approximate surface area is 594 Å². The summed E-state index contributed by atoms with van der Waals surface area (Å²) in [5, 5.41) is 28.7. The average molecular weight is 1460 g/mol. The Hall–Kier alpha value is -2.61. The van der Waals surface area contributed by atoms with Crippen LogP contribution in [-0.2, 0) is 75.3 Å². The Balaban J connectivity index is 2.64. The molecule has 0 aromatic carbocycles. The zero-order valence-corrected chi connectivity index (χ0v) is 63.6. The lowest BCUT2D eigenvalue weighted by Crippen LogP contribution is -2.67. The van der Waals surface area contributed by atoms with Crippen molar-refractivity contribution in [2.75, 3.05) is 33.5 Å². The maximum atomic E-state index is 14.3. The lowest BCUT2D eigenvalue weighted by Gasteiger charge is -2.47. The number of phosphoric ester groups is 2. The molecule has 0 aliphatic carbocycles. The van der Waals surface area contributed by atoms with E-state index in [1.807, 2.05) is 0 Å². The second-order valence-corrected chi connectivity index (χ2v) is 30.0. The average Bonchev–Trinajstić information content (AvgIpc) is 0.786. The van der Waals surface area contributed by atoms with Crippen LogP contribution >= 0.6 is 15.6 Å². The Morgan fingerprint density at radius 2 is 0.939 bits per heavy atom. The Morgan fingerprint density at radius 3 is 1.44 bits per heavy atom. The van der Waals surface area contributed by atoms with Gasteiger partial charge in [-0.25, -0.2) is 9.13 Å². The van der Waals surface area contributed by atoms with Crippen LogP contribution in [0.5, 0.6) is 0 Å². The molecule has 2 heterocycles. The summed E-state index contributed by atoms with van der Waals surface area (Å²) < 4.78 is 79.7. The summed E-state index contributed by atoms with van der Waals surface area (Å²) in [7, 11) is -9.65. The summed E-state index contributed by atoms with van der Waals surface area (Å²) in [6.45, 7) is 11.2. The summed E-state index contributed by atoms with van der Waals surface area (Å²) in [6, 6.07) is -3.26. The number of hydrogen-bond acceptors (Lipinski definition) is 18. The number of rotatable bonds is 64. The molecule has 24 nitrogen and oxygen atoms in total. The maximum absolute atomic E-state index is 14.3. The fourth-order valence-electron chi connectivity index (χ4n) is 12.7. The van der Waals surface area contributed by atoms with Crippen LogP contribution in [0, 0.1) is 5.92 Å². The van der Waals surface area contributed by atoms with Gasteiger partial charge in [-0.3, -0.25) is 33.0 Å². The van der Waals surface area contributed by atoms with Crippen LogP contribution in [0.2, 0.25) is 0 Å². The number of aliphatic hydroxyl groups excluding tert-OH is 2. The topological polar surface area (TPSA) is 348 Å². The van der Waals surface area contributed by atoms with Gasteiger partial charge in [0.05, 0.1) is 38.8 Å². The van der Waals surface area contributed by atoms with E-state index in [0.717, 1.165) is 161 Å². The molecule has 0 bridgehead atoms. The number of ether oxygens (including phenoxy) is 7. The molecule has 2 fully saturated rings. The molecule has 580 valence electrons. The molecule has 13 atom stereocenters. The van der Waals surface area contributed by atoms with Crippen molar-refractivity contribution in [1.29, 1.82) is 0 Å². The zero-order valence-electron chi connectivity index (χ0n) is 61.8. The number of hydrogen-bond donors (Lipinski definition) is 8. The van der Waals surface area contributed by atoms with E-state index in [4.69, 9.17) is 42.2 Å². The first-order valence-corrected chi connectivity index (χ1v) is 41.5. The van der Waals surface area contributed by atoms with Gasteiger partial charge in [-0.2, -0.15) is 0 Å². The number of aliphatic hydroxyl groups is 2. The third-order valence-corrected chi connectivity index (χ3v) is 19.4. The highest BCUT2D eigenvalue weighted by Crippen LogP contribution is 2.44. The first-order valence-electron chi connectivity index (χ1n) is 38.5. The molecule has 2 rings (SSSR count). The van der Waals surface area contributed by atoms with Crippen molar-refractivity contribution in [2.45, 2.75) is 385 Å². The normalized spacial score (nSPS) is 22.3. The molecule has 26 heteroatoms. The summed E-state index contributed by atoms with van der Waals surface area (Å²) in [4.78, 5) is 110. The van der Waals surface area contributed by atoms with Crippen LogP contribution in [0.3, 0.4) is 0 Å². The third-order valence-electron chi connectivity index (χ3n) is 18.4. The maximum Gasteiger partial charge on any atom is 0.472 e. The molecule has 99 heavy (non-hydrogen) atoms. The van der Waals surface area contributed by atoms with Gasteiger partial charge in [0.15, 0.2) is 12.6 Å². The van der Waals surface area contributed by atoms with Crippen molar-refractivity contribution in [3.63, 3.8) is 0 Å². The Kier molecular flexibility index (Phi) is 53.0. The predicted octanol–water partition coefficient (Wildman–Crippen LogP) is 13.9. The first kappa shape index (κ1) is 92.5. The summed E-state index contributed by atoms with van der Waals surface area (Å²) in [6.07, 6.45) is 21.5. The number of ketones is 2. The molecular formula is C73H136N2O22P2. The Bertz CT molecular complexity index is 2240. The van der Waals surface area contributed by atoms with Crippen molar-refractivity contribution in [2.24, 2.45) is 5.92 Å². The van der Waals surface area contributed by atoms with Gasteiger partial charge < -0.3 is 73.6 Å². The second-order valence-electron chi connectivity index (χ2n) is 27.7. The number of carbonyl (C=O) groups is 5. The number of phosphoric acid groups is 2. The molecular weight excluding hydrogens is 1320 g/mol. The van der Waals surface area contributed by atoms with Crippen LogP contribution in [-0.4, -0.2) is 166 Å². The van der Waals surface area contributed by atoms with Gasteiger partial charge in [-0.05, 0) is 63.7 Å². The minimum atomic E-state index is -5.51. The molecule has 0 radical (unpaired) electrons. The smallest absolute Gasteiger partial charge is 0.462 e. The van der Waals surface area contributed by atoms with Crippen molar-refractivity contribution in [1.82, 2.24) is 10.6 Å². The van der Waals surface area contributed by atoms with Crippen molar-refractivity contribution >= 4 is 45.0 Å². The van der Waals surface area contributed by atoms with E-state index < -0.39 is 133 Å². The first-order chi connectivity index (χ1) is 47.5. The number of unbranched alkanes of at least 4 members (excludes halogenated alkanes) is 26. The molecule has 0 aromatic rings. The highest BCUT2D eigenvalue weighted by Gasteiger charge is 2.53. The van der Waals surface area contributed by atoms with E-state index in [2.05, 4.69) is 64.3 Å². The van der Waals surface area contributed by atoms with Crippen molar-refractivity contribution in [3.8, 4) is 0 Å². The molecule has 8 N–H and O–H groups in total. The van der Waals surface area contributed by atoms with E-state index in [1.54, 1.807) is 0 Å². The van der Waals surface area contributed by atoms with E-state index >= 15 is 0 Å². The fraction of sp³-hybridized carbons (Fsp3) is 0.904. The summed E-state index contributed by atoms with van der Waals surface area (Å²) in [5.74, 6) is -2.43. The number of methoxy groups -OCH3 is 1. The van der Waals surface area contributed by atoms with Gasteiger partial charge in [0.2, 0.25) is 11.8 Å². The van der Waals surface area contributed by atoms with Crippen molar-refractivity contribution in [3.05, 3.63) is 12.2 Å². The number of amides is 2. The quantitative estimate of drug-likeness (QED) is 0.00922. The number of nitrogens with one attached hydrogen (secondary N) is 2. The van der Waals surface area contributed by atoms with Gasteiger partial charge in [-0.1, -0.05) is 227 Å². The molecule has 0 spiro atoms. The molecule has 2 aliphatic rings. The molecule has 0 aromatic heterocycles. The molecule has 2 saturated heterocycles. The highest BCUT2D eigenvalue weighted by molar-refractivity contribution is 7.46. The van der Waals surface area contributed by atoms with Gasteiger partial charge in [-0.15, -0.1) is 0 Å². The summed E-state index contributed by atoms with van der Waals surface area (Å²) in [5.41, 5.74) is 0. The van der Waals surface area contributed by atoms with Crippen LogP contribution < -0.4 is 10.6 Å². The van der Waals surface area contributed by atoms with E-state index in [9.17, 15) is 62.9 Å². The molecule has 0 saturated carbocycles. The minimum absolute atomic E-state index is 0.0543. The Morgan fingerprint density at radius 1 is 0.485 bits per heavy atom.